The van der Waals surface area contributed by atoms with E-state index in [9.17, 15) is 18.3 Å². The Balaban J connectivity index is 1.51. The van der Waals surface area contributed by atoms with Crippen molar-refractivity contribution in [3.05, 3.63) is 70.2 Å². The minimum absolute atomic E-state index is 0.0427. The average molecular weight is 441 g/mol. The van der Waals surface area contributed by atoms with Crippen molar-refractivity contribution < 1.29 is 18.3 Å². The zero-order valence-corrected chi connectivity index (χ0v) is 17.4. The lowest BCUT2D eigenvalue weighted by molar-refractivity contribution is 0.104. The Morgan fingerprint density at radius 1 is 1.10 bits per heavy atom. The standard InChI is InChI=1S/C20H16N4O4S2/c1-2-17-22-23-20(29-17)24-30(27,28)13-9-7-12(8-10-13)21-11-16-18(25)14-5-3-4-6-15(14)19(16)26/h3-11,25H,2H2,1H3,(H,23,24). The predicted molar refractivity (Wildman–Crippen MR) is 115 cm³/mol. The van der Waals surface area contributed by atoms with Crippen LogP contribution in [0, 0.1) is 0 Å². The number of nitrogens with one attached hydrogen (secondary N) is 1. The minimum Gasteiger partial charge on any atom is -0.506 e. The number of carbonyl (C=O) groups is 1. The molecule has 0 atom stereocenters. The van der Waals surface area contributed by atoms with Gasteiger partial charge in [0, 0.05) is 17.3 Å². The van der Waals surface area contributed by atoms with Crippen LogP contribution in [0.25, 0.3) is 5.76 Å². The molecule has 10 heteroatoms. The monoisotopic (exact) mass is 440 g/mol. The van der Waals surface area contributed by atoms with Gasteiger partial charge in [-0.2, -0.15) is 0 Å². The van der Waals surface area contributed by atoms with Crippen molar-refractivity contribution in [2.45, 2.75) is 18.2 Å². The number of hydrogen-bond donors (Lipinski definition) is 2. The van der Waals surface area contributed by atoms with Gasteiger partial charge in [0.2, 0.25) is 5.13 Å². The number of aliphatic hydroxyl groups is 1. The molecule has 1 aliphatic rings. The Morgan fingerprint density at radius 2 is 1.80 bits per heavy atom. The molecule has 0 saturated carbocycles. The molecular formula is C20H16N4O4S2. The summed E-state index contributed by atoms with van der Waals surface area (Å²) < 4.78 is 27.4. The van der Waals surface area contributed by atoms with Crippen LogP contribution in [0.4, 0.5) is 10.8 Å². The van der Waals surface area contributed by atoms with Crippen LogP contribution in [0.15, 0.2) is 64.0 Å². The van der Waals surface area contributed by atoms with Crippen LogP contribution in [0.3, 0.4) is 0 Å². The molecular weight excluding hydrogens is 424 g/mol. The van der Waals surface area contributed by atoms with E-state index in [-0.39, 0.29) is 27.1 Å². The van der Waals surface area contributed by atoms with Crippen LogP contribution < -0.4 is 4.72 Å². The fraction of sp³-hybridized carbons (Fsp3) is 0.100. The fourth-order valence-electron chi connectivity index (χ4n) is 2.87. The first-order valence-electron chi connectivity index (χ1n) is 8.95. The summed E-state index contributed by atoms with van der Waals surface area (Å²) >= 11 is 1.18. The van der Waals surface area contributed by atoms with Gasteiger partial charge >= 0.3 is 0 Å². The molecule has 30 heavy (non-hydrogen) atoms. The fourth-order valence-corrected chi connectivity index (χ4v) is 4.78. The molecule has 0 spiro atoms. The summed E-state index contributed by atoms with van der Waals surface area (Å²) in [4.78, 5) is 16.6. The van der Waals surface area contributed by atoms with E-state index < -0.39 is 10.0 Å². The lowest BCUT2D eigenvalue weighted by Crippen LogP contribution is -2.12. The van der Waals surface area contributed by atoms with Crippen LogP contribution in [0.2, 0.25) is 0 Å². The number of anilines is 1. The number of nitrogens with zero attached hydrogens (tertiary/aromatic N) is 3. The SMILES string of the molecule is CCc1nnc(NS(=O)(=O)c2ccc(N=CC3=C(O)c4ccccc4C3=O)cc2)s1. The quantitative estimate of drug-likeness (QED) is 0.563. The van der Waals surface area contributed by atoms with E-state index in [4.69, 9.17) is 0 Å². The molecule has 2 N–H and O–H groups in total. The molecule has 0 fully saturated rings. The largest absolute Gasteiger partial charge is 0.506 e. The minimum atomic E-state index is -3.81. The average Bonchev–Trinajstić information content (AvgIpc) is 3.29. The number of allylic oxidation sites excluding steroid dienone is 1. The Morgan fingerprint density at radius 3 is 2.43 bits per heavy atom. The molecule has 1 heterocycles. The first-order chi connectivity index (χ1) is 14.4. The number of hydrogen-bond acceptors (Lipinski definition) is 8. The topological polar surface area (TPSA) is 122 Å². The van der Waals surface area contributed by atoms with Crippen LogP contribution in [0.1, 0.15) is 27.9 Å². The second-order valence-corrected chi connectivity index (χ2v) is 9.09. The lowest BCUT2D eigenvalue weighted by atomic mass is 10.1. The maximum absolute atomic E-state index is 12.5. The number of sulfonamides is 1. The van der Waals surface area contributed by atoms with E-state index in [0.717, 1.165) is 5.01 Å². The molecule has 1 aromatic heterocycles. The zero-order chi connectivity index (χ0) is 21.3. The van der Waals surface area contributed by atoms with Gasteiger partial charge < -0.3 is 5.11 Å². The van der Waals surface area contributed by atoms with Crippen LogP contribution in [0.5, 0.6) is 0 Å². The molecule has 0 aliphatic heterocycles. The third kappa shape index (κ3) is 3.74. The Hall–Kier alpha value is -3.37. The highest BCUT2D eigenvalue weighted by Crippen LogP contribution is 2.30. The van der Waals surface area contributed by atoms with Crippen molar-refractivity contribution >= 4 is 49.9 Å². The maximum atomic E-state index is 12.5. The van der Waals surface area contributed by atoms with Crippen molar-refractivity contribution in [1.29, 1.82) is 0 Å². The number of aryl methyl sites for hydroxylation is 1. The van der Waals surface area contributed by atoms with Crippen LogP contribution >= 0.6 is 11.3 Å². The summed E-state index contributed by atoms with van der Waals surface area (Å²) in [6, 6.07) is 12.6. The molecule has 0 amide bonds. The molecule has 2 aromatic carbocycles. The molecule has 0 bridgehead atoms. The van der Waals surface area contributed by atoms with Gasteiger partial charge in [0.1, 0.15) is 10.8 Å². The number of fused-ring (bicyclic) bond motifs is 1. The van der Waals surface area contributed by atoms with Gasteiger partial charge in [-0.25, -0.2) is 8.42 Å². The molecule has 8 nitrogen and oxygen atoms in total. The molecule has 4 rings (SSSR count). The van der Waals surface area contributed by atoms with Crippen molar-refractivity contribution in [2.24, 2.45) is 4.99 Å². The molecule has 152 valence electrons. The van der Waals surface area contributed by atoms with Gasteiger partial charge in [0.15, 0.2) is 5.78 Å². The summed E-state index contributed by atoms with van der Waals surface area (Å²) in [5.41, 5.74) is 1.42. The van der Waals surface area contributed by atoms with E-state index in [1.165, 1.54) is 41.8 Å². The number of carbonyl (C=O) groups excluding carboxylic acids is 1. The third-order valence-corrected chi connectivity index (χ3v) is 6.87. The molecule has 1 aliphatic carbocycles. The van der Waals surface area contributed by atoms with Gasteiger partial charge in [-0.15, -0.1) is 10.2 Å². The molecule has 0 unspecified atom stereocenters. The first-order valence-corrected chi connectivity index (χ1v) is 11.3. The number of aromatic nitrogens is 2. The number of rotatable bonds is 6. The van der Waals surface area contributed by atoms with Crippen molar-refractivity contribution in [2.75, 3.05) is 4.72 Å². The summed E-state index contributed by atoms with van der Waals surface area (Å²) in [7, 11) is -3.81. The number of ketones is 1. The van der Waals surface area contributed by atoms with Gasteiger partial charge in [-0.3, -0.25) is 14.5 Å². The van der Waals surface area contributed by atoms with Gasteiger partial charge in [-0.05, 0) is 30.7 Å². The van der Waals surface area contributed by atoms with E-state index in [1.807, 2.05) is 6.92 Å². The van der Waals surface area contributed by atoms with E-state index >= 15 is 0 Å². The number of benzene rings is 2. The predicted octanol–water partition coefficient (Wildman–Crippen LogP) is 3.77. The molecule has 0 saturated heterocycles. The highest BCUT2D eigenvalue weighted by atomic mass is 32.2. The summed E-state index contributed by atoms with van der Waals surface area (Å²) in [6.07, 6.45) is 1.96. The Bertz CT molecular complexity index is 1290. The van der Waals surface area contributed by atoms with E-state index in [0.29, 0.717) is 23.2 Å². The smallest absolute Gasteiger partial charge is 0.263 e. The van der Waals surface area contributed by atoms with Crippen LogP contribution in [-0.2, 0) is 16.4 Å². The number of aliphatic hydroxyl groups excluding tert-OH is 1. The van der Waals surface area contributed by atoms with E-state index in [1.54, 1.807) is 24.3 Å². The third-order valence-electron chi connectivity index (χ3n) is 4.41. The number of aliphatic imine (C=N–C) groups is 1. The summed E-state index contributed by atoms with van der Waals surface area (Å²) in [5, 5.41) is 18.9. The van der Waals surface area contributed by atoms with Gasteiger partial charge in [0.25, 0.3) is 10.0 Å². The van der Waals surface area contributed by atoms with Crippen molar-refractivity contribution in [1.82, 2.24) is 10.2 Å². The lowest BCUT2D eigenvalue weighted by Gasteiger charge is -2.04. The molecule has 3 aromatic rings. The maximum Gasteiger partial charge on any atom is 0.263 e. The number of Topliss-reactive ketones (excluding diaryl/α,β-unsaturated/α-hetero) is 1. The second kappa shape index (κ2) is 7.81. The Labute approximate surface area is 176 Å². The van der Waals surface area contributed by atoms with Crippen LogP contribution in [-0.4, -0.2) is 35.7 Å². The van der Waals surface area contributed by atoms with E-state index in [2.05, 4.69) is 19.9 Å². The van der Waals surface area contributed by atoms with Gasteiger partial charge in [-0.1, -0.05) is 42.5 Å². The second-order valence-electron chi connectivity index (χ2n) is 6.35. The van der Waals surface area contributed by atoms with Gasteiger partial charge in [0.05, 0.1) is 16.2 Å². The van der Waals surface area contributed by atoms with Crippen molar-refractivity contribution in [3.63, 3.8) is 0 Å². The van der Waals surface area contributed by atoms with Crippen molar-refractivity contribution in [3.8, 4) is 0 Å². The molecule has 0 radical (unpaired) electrons. The zero-order valence-electron chi connectivity index (χ0n) is 15.7. The Kier molecular flexibility index (Phi) is 5.18. The summed E-state index contributed by atoms with van der Waals surface area (Å²) in [6.45, 7) is 1.91. The highest BCUT2D eigenvalue weighted by Gasteiger charge is 2.28. The normalized spacial score (nSPS) is 13.8. The first kappa shape index (κ1) is 19.9. The summed E-state index contributed by atoms with van der Waals surface area (Å²) in [5.74, 6) is -0.426. The highest BCUT2D eigenvalue weighted by molar-refractivity contribution is 7.93.